The molecule has 0 radical (unpaired) electrons. The summed E-state index contributed by atoms with van der Waals surface area (Å²) in [5, 5.41) is 10.1. The van der Waals surface area contributed by atoms with Crippen molar-refractivity contribution in [2.45, 2.75) is 0 Å². The summed E-state index contributed by atoms with van der Waals surface area (Å²) in [5.74, 6) is 0. The number of rotatable bonds is 0. The molecule has 122 valence electrons. The highest BCUT2D eigenvalue weighted by Crippen LogP contribution is 2.39. The van der Waals surface area contributed by atoms with E-state index in [0.29, 0.717) is 0 Å². The molecule has 5 aromatic carbocycles. The maximum Gasteiger partial charge on any atom is 0.0471 e. The summed E-state index contributed by atoms with van der Waals surface area (Å²) in [7, 11) is 0. The number of aromatic amines is 1. The van der Waals surface area contributed by atoms with Gasteiger partial charge in [-0.25, -0.2) is 0 Å². The average Bonchev–Trinajstić information content (AvgIpc) is 3.04. The molecule has 0 bridgehead atoms. The van der Waals surface area contributed by atoms with E-state index in [1.807, 2.05) is 6.07 Å². The van der Waals surface area contributed by atoms with Gasteiger partial charge in [-0.2, -0.15) is 0 Å². The molecule has 6 aromatic rings. The first-order valence-electron chi connectivity index (χ1n) is 8.84. The fourth-order valence-corrected chi connectivity index (χ4v) is 4.32. The highest BCUT2D eigenvalue weighted by Gasteiger charge is 2.12. The average molecular weight is 332 g/mol. The van der Waals surface area contributed by atoms with Crippen LogP contribution in [0.1, 0.15) is 0 Å². The van der Waals surface area contributed by atoms with Crippen LogP contribution in [0, 0.1) is 0 Å². The van der Waals surface area contributed by atoms with Crippen LogP contribution in [0.3, 0.4) is 0 Å². The third-order valence-electron chi connectivity index (χ3n) is 5.49. The van der Waals surface area contributed by atoms with Crippen molar-refractivity contribution >= 4 is 59.8 Å². The van der Waals surface area contributed by atoms with Crippen LogP contribution in [0.15, 0.2) is 78.9 Å². The predicted molar refractivity (Wildman–Crippen MR) is 113 cm³/mol. The molecule has 2 heteroatoms. The number of anilines is 1. The Morgan fingerprint density at radius 2 is 1.08 bits per heavy atom. The van der Waals surface area contributed by atoms with Crippen molar-refractivity contribution in [3.63, 3.8) is 0 Å². The van der Waals surface area contributed by atoms with Gasteiger partial charge in [0.25, 0.3) is 0 Å². The van der Waals surface area contributed by atoms with Crippen molar-refractivity contribution in [3.8, 4) is 0 Å². The minimum atomic E-state index is 0.801. The molecule has 0 aliphatic rings. The SMILES string of the molecule is Nc1ccc2c(c1)c1ccccc1c1cc3[nH]c4ccccc4c3cc21. The van der Waals surface area contributed by atoms with Crippen LogP contribution in [0.5, 0.6) is 0 Å². The summed E-state index contributed by atoms with van der Waals surface area (Å²) in [6, 6.07) is 27.9. The number of nitrogen functional groups attached to an aromatic ring is 1. The van der Waals surface area contributed by atoms with Crippen molar-refractivity contribution in [1.29, 1.82) is 0 Å². The molecule has 0 spiro atoms. The van der Waals surface area contributed by atoms with Gasteiger partial charge in [0.15, 0.2) is 0 Å². The molecule has 0 aliphatic heterocycles. The van der Waals surface area contributed by atoms with Gasteiger partial charge in [0.2, 0.25) is 0 Å². The van der Waals surface area contributed by atoms with E-state index in [1.165, 1.54) is 54.1 Å². The third-order valence-corrected chi connectivity index (χ3v) is 5.49. The number of benzene rings is 5. The molecule has 0 amide bonds. The van der Waals surface area contributed by atoms with Gasteiger partial charge >= 0.3 is 0 Å². The first-order valence-corrected chi connectivity index (χ1v) is 8.84. The first kappa shape index (κ1) is 13.7. The summed E-state index contributed by atoms with van der Waals surface area (Å²) < 4.78 is 0. The minimum absolute atomic E-state index is 0.801. The summed E-state index contributed by atoms with van der Waals surface area (Å²) in [5.41, 5.74) is 9.26. The Bertz CT molecular complexity index is 1490. The van der Waals surface area contributed by atoms with Gasteiger partial charge in [-0.15, -0.1) is 0 Å². The summed E-state index contributed by atoms with van der Waals surface area (Å²) >= 11 is 0. The molecule has 3 N–H and O–H groups in total. The van der Waals surface area contributed by atoms with Gasteiger partial charge in [0, 0.05) is 27.5 Å². The number of nitrogens with one attached hydrogen (secondary N) is 1. The molecule has 1 heterocycles. The Morgan fingerprint density at radius 3 is 1.88 bits per heavy atom. The Morgan fingerprint density at radius 1 is 0.462 bits per heavy atom. The first-order chi connectivity index (χ1) is 12.8. The lowest BCUT2D eigenvalue weighted by molar-refractivity contribution is 1.56. The minimum Gasteiger partial charge on any atom is -0.399 e. The molecule has 0 unspecified atom stereocenters. The number of hydrogen-bond acceptors (Lipinski definition) is 1. The van der Waals surface area contributed by atoms with E-state index in [4.69, 9.17) is 5.73 Å². The smallest absolute Gasteiger partial charge is 0.0471 e. The summed E-state index contributed by atoms with van der Waals surface area (Å²) in [6.45, 7) is 0. The number of aromatic nitrogens is 1. The molecule has 0 saturated heterocycles. The number of fused-ring (bicyclic) bond motifs is 9. The molecule has 2 nitrogen and oxygen atoms in total. The van der Waals surface area contributed by atoms with E-state index < -0.39 is 0 Å². The normalized spacial score (nSPS) is 12.0. The molecule has 1 aromatic heterocycles. The summed E-state index contributed by atoms with van der Waals surface area (Å²) in [6.07, 6.45) is 0. The van der Waals surface area contributed by atoms with Crippen molar-refractivity contribution in [2.75, 3.05) is 5.73 Å². The van der Waals surface area contributed by atoms with Crippen molar-refractivity contribution < 1.29 is 0 Å². The molecule has 6 rings (SSSR count). The van der Waals surface area contributed by atoms with E-state index in [-0.39, 0.29) is 0 Å². The second-order valence-corrected chi connectivity index (χ2v) is 6.96. The number of para-hydroxylation sites is 1. The number of hydrogen-bond donors (Lipinski definition) is 2. The van der Waals surface area contributed by atoms with Gasteiger partial charge < -0.3 is 10.7 Å². The fourth-order valence-electron chi connectivity index (χ4n) is 4.32. The van der Waals surface area contributed by atoms with Gasteiger partial charge in [0.05, 0.1) is 0 Å². The van der Waals surface area contributed by atoms with Crippen LogP contribution in [0.4, 0.5) is 5.69 Å². The molecular weight excluding hydrogens is 316 g/mol. The Kier molecular flexibility index (Phi) is 2.52. The van der Waals surface area contributed by atoms with Gasteiger partial charge in [-0.3, -0.25) is 0 Å². The highest BCUT2D eigenvalue weighted by atomic mass is 14.7. The second-order valence-electron chi connectivity index (χ2n) is 6.96. The van der Waals surface area contributed by atoms with Crippen LogP contribution in [-0.4, -0.2) is 4.98 Å². The van der Waals surface area contributed by atoms with Gasteiger partial charge in [0.1, 0.15) is 0 Å². The molecule has 0 fully saturated rings. The number of H-pyrrole nitrogens is 1. The lowest BCUT2D eigenvalue weighted by atomic mass is 9.93. The standard InChI is InChI=1S/C24H16N2/c25-14-9-10-17-19(11-14)15-5-1-2-6-16(15)21-13-24-22(12-20(17)21)18-7-3-4-8-23(18)26-24/h1-13,26H,25H2. The quantitative estimate of drug-likeness (QED) is 0.246. The molecule has 0 aliphatic carbocycles. The monoisotopic (exact) mass is 332 g/mol. The Labute approximate surface area is 149 Å². The van der Waals surface area contributed by atoms with E-state index >= 15 is 0 Å². The maximum absolute atomic E-state index is 6.10. The van der Waals surface area contributed by atoms with Crippen molar-refractivity contribution in [1.82, 2.24) is 4.98 Å². The van der Waals surface area contributed by atoms with Crippen LogP contribution in [0.25, 0.3) is 54.1 Å². The highest BCUT2D eigenvalue weighted by molar-refractivity contribution is 6.28. The molecule has 0 saturated carbocycles. The Hall–Kier alpha value is -3.52. The van der Waals surface area contributed by atoms with Crippen LogP contribution in [0.2, 0.25) is 0 Å². The second kappa shape index (κ2) is 4.77. The topological polar surface area (TPSA) is 41.8 Å². The van der Waals surface area contributed by atoms with E-state index in [2.05, 4.69) is 77.8 Å². The van der Waals surface area contributed by atoms with Crippen molar-refractivity contribution in [2.24, 2.45) is 0 Å². The zero-order valence-corrected chi connectivity index (χ0v) is 14.1. The predicted octanol–water partition coefficient (Wildman–Crippen LogP) is 6.36. The van der Waals surface area contributed by atoms with Crippen LogP contribution in [-0.2, 0) is 0 Å². The summed E-state index contributed by atoms with van der Waals surface area (Å²) in [4.78, 5) is 3.57. The lowest BCUT2D eigenvalue weighted by Gasteiger charge is -2.11. The zero-order valence-electron chi connectivity index (χ0n) is 14.1. The van der Waals surface area contributed by atoms with Gasteiger partial charge in [-0.05, 0) is 62.6 Å². The lowest BCUT2D eigenvalue weighted by Crippen LogP contribution is -1.87. The van der Waals surface area contributed by atoms with E-state index in [9.17, 15) is 0 Å². The number of nitrogens with two attached hydrogens (primary N) is 1. The third kappa shape index (κ3) is 1.71. The molecule has 0 atom stereocenters. The van der Waals surface area contributed by atoms with E-state index in [0.717, 1.165) is 5.69 Å². The molecule has 26 heavy (non-hydrogen) atoms. The zero-order chi connectivity index (χ0) is 17.3. The largest absolute Gasteiger partial charge is 0.399 e. The molecular formula is C24H16N2. The maximum atomic E-state index is 6.10. The fraction of sp³-hybridized carbons (Fsp3) is 0. The van der Waals surface area contributed by atoms with Crippen LogP contribution < -0.4 is 5.73 Å². The van der Waals surface area contributed by atoms with Crippen molar-refractivity contribution in [3.05, 3.63) is 78.9 Å². The van der Waals surface area contributed by atoms with Crippen LogP contribution >= 0.6 is 0 Å². The van der Waals surface area contributed by atoms with Gasteiger partial charge in [-0.1, -0.05) is 48.5 Å². The Balaban J connectivity index is 1.95. The van der Waals surface area contributed by atoms with E-state index in [1.54, 1.807) is 0 Å².